The van der Waals surface area contributed by atoms with Crippen molar-refractivity contribution in [2.24, 2.45) is 5.73 Å². The molecule has 100 valence electrons. The SMILES string of the molecule is COc1c(F)ccc(C)c1C1(CN)CCCCC1. The summed E-state index contributed by atoms with van der Waals surface area (Å²) >= 11 is 0. The Morgan fingerprint density at radius 3 is 2.50 bits per heavy atom. The van der Waals surface area contributed by atoms with Crippen LogP contribution in [0.15, 0.2) is 12.1 Å². The van der Waals surface area contributed by atoms with E-state index in [1.165, 1.54) is 19.6 Å². The van der Waals surface area contributed by atoms with Gasteiger partial charge in [-0.1, -0.05) is 25.3 Å². The molecule has 2 nitrogen and oxygen atoms in total. The van der Waals surface area contributed by atoms with Crippen LogP contribution in [0.25, 0.3) is 0 Å². The average Bonchev–Trinajstić information content (AvgIpc) is 2.41. The molecule has 1 aliphatic rings. The summed E-state index contributed by atoms with van der Waals surface area (Å²) in [4.78, 5) is 0. The number of ether oxygens (including phenoxy) is 1. The van der Waals surface area contributed by atoms with Crippen molar-refractivity contribution in [3.63, 3.8) is 0 Å². The molecule has 0 saturated heterocycles. The standard InChI is InChI=1S/C15H22FNO/c1-11-6-7-12(16)14(18-2)13(11)15(10-17)8-4-3-5-9-15/h6-7H,3-5,8-10,17H2,1-2H3. The van der Waals surface area contributed by atoms with Gasteiger partial charge in [-0.2, -0.15) is 0 Å². The van der Waals surface area contributed by atoms with Crippen LogP contribution in [0.1, 0.15) is 43.2 Å². The van der Waals surface area contributed by atoms with Crippen LogP contribution < -0.4 is 10.5 Å². The third-order valence-electron chi connectivity index (χ3n) is 4.25. The number of hydrogen-bond donors (Lipinski definition) is 1. The molecule has 1 fully saturated rings. The highest BCUT2D eigenvalue weighted by atomic mass is 19.1. The number of benzene rings is 1. The second kappa shape index (κ2) is 5.27. The van der Waals surface area contributed by atoms with Crippen LogP contribution in [0.3, 0.4) is 0 Å². The van der Waals surface area contributed by atoms with E-state index in [4.69, 9.17) is 10.5 Å². The van der Waals surface area contributed by atoms with Crippen LogP contribution in [-0.4, -0.2) is 13.7 Å². The van der Waals surface area contributed by atoms with Gasteiger partial charge in [0.1, 0.15) is 0 Å². The van der Waals surface area contributed by atoms with Crippen LogP contribution in [0.2, 0.25) is 0 Å². The van der Waals surface area contributed by atoms with E-state index < -0.39 is 0 Å². The minimum Gasteiger partial charge on any atom is -0.493 e. The quantitative estimate of drug-likeness (QED) is 0.894. The second-order valence-electron chi connectivity index (χ2n) is 5.32. The Bertz CT molecular complexity index is 425. The normalized spacial score (nSPS) is 18.7. The molecule has 2 rings (SSSR count). The monoisotopic (exact) mass is 251 g/mol. The van der Waals surface area contributed by atoms with E-state index in [-0.39, 0.29) is 11.2 Å². The third kappa shape index (κ3) is 2.12. The zero-order valence-electron chi connectivity index (χ0n) is 11.3. The highest BCUT2D eigenvalue weighted by Crippen LogP contribution is 2.44. The molecule has 0 aliphatic heterocycles. The van der Waals surface area contributed by atoms with Gasteiger partial charge in [0.05, 0.1) is 7.11 Å². The van der Waals surface area contributed by atoms with E-state index in [0.29, 0.717) is 12.3 Å². The van der Waals surface area contributed by atoms with E-state index in [9.17, 15) is 4.39 Å². The van der Waals surface area contributed by atoms with Crippen molar-refractivity contribution >= 4 is 0 Å². The van der Waals surface area contributed by atoms with Gasteiger partial charge >= 0.3 is 0 Å². The van der Waals surface area contributed by atoms with Gasteiger partial charge in [0.2, 0.25) is 0 Å². The summed E-state index contributed by atoms with van der Waals surface area (Å²) in [6.45, 7) is 2.58. The topological polar surface area (TPSA) is 35.2 Å². The number of nitrogens with two attached hydrogens (primary N) is 1. The van der Waals surface area contributed by atoms with Crippen molar-refractivity contribution in [1.29, 1.82) is 0 Å². The minimum atomic E-state index is -0.281. The molecule has 0 atom stereocenters. The lowest BCUT2D eigenvalue weighted by Crippen LogP contribution is -2.38. The largest absolute Gasteiger partial charge is 0.493 e. The summed E-state index contributed by atoms with van der Waals surface area (Å²) in [5, 5.41) is 0. The smallest absolute Gasteiger partial charge is 0.165 e. The predicted molar refractivity (Wildman–Crippen MR) is 71.5 cm³/mol. The molecule has 0 bridgehead atoms. The van der Waals surface area contributed by atoms with Crippen molar-refractivity contribution in [1.82, 2.24) is 0 Å². The molecule has 1 aromatic carbocycles. The third-order valence-corrected chi connectivity index (χ3v) is 4.25. The molecule has 1 aliphatic carbocycles. The van der Waals surface area contributed by atoms with Gasteiger partial charge in [0.15, 0.2) is 11.6 Å². The molecular formula is C15H22FNO. The molecular weight excluding hydrogens is 229 g/mol. The maximum absolute atomic E-state index is 13.9. The maximum Gasteiger partial charge on any atom is 0.165 e. The summed E-state index contributed by atoms with van der Waals surface area (Å²) in [5.74, 6) is 0.110. The lowest BCUT2D eigenvalue weighted by atomic mass is 9.68. The molecule has 1 saturated carbocycles. The molecule has 3 heteroatoms. The Kier molecular flexibility index (Phi) is 3.91. The van der Waals surface area contributed by atoms with Gasteiger partial charge in [0.25, 0.3) is 0 Å². The number of methoxy groups -OCH3 is 1. The van der Waals surface area contributed by atoms with E-state index in [1.54, 1.807) is 0 Å². The highest BCUT2D eigenvalue weighted by molar-refractivity contribution is 5.47. The first-order valence-electron chi connectivity index (χ1n) is 6.68. The van der Waals surface area contributed by atoms with Crippen LogP contribution in [0, 0.1) is 12.7 Å². The lowest BCUT2D eigenvalue weighted by Gasteiger charge is -2.38. The summed E-state index contributed by atoms with van der Waals surface area (Å²) in [5.41, 5.74) is 8.01. The number of aryl methyl sites for hydroxylation is 1. The maximum atomic E-state index is 13.9. The van der Waals surface area contributed by atoms with E-state index in [2.05, 4.69) is 0 Å². The van der Waals surface area contributed by atoms with Gasteiger partial charge < -0.3 is 10.5 Å². The van der Waals surface area contributed by atoms with Crippen LogP contribution in [-0.2, 0) is 5.41 Å². The summed E-state index contributed by atoms with van der Waals surface area (Å²) in [7, 11) is 1.54. The van der Waals surface area contributed by atoms with Gasteiger partial charge in [-0.15, -0.1) is 0 Å². The molecule has 0 radical (unpaired) electrons. The lowest BCUT2D eigenvalue weighted by molar-refractivity contribution is 0.282. The fourth-order valence-corrected chi connectivity index (χ4v) is 3.30. The minimum absolute atomic E-state index is 0.101. The molecule has 0 unspecified atom stereocenters. The van der Waals surface area contributed by atoms with Crippen LogP contribution in [0.5, 0.6) is 5.75 Å². The van der Waals surface area contributed by atoms with Crippen molar-refractivity contribution in [3.05, 3.63) is 29.1 Å². The van der Waals surface area contributed by atoms with Crippen molar-refractivity contribution < 1.29 is 9.13 Å². The molecule has 2 N–H and O–H groups in total. The zero-order chi connectivity index (χ0) is 13.2. The summed E-state index contributed by atoms with van der Waals surface area (Å²) in [6, 6.07) is 3.31. The first-order chi connectivity index (χ1) is 8.64. The summed E-state index contributed by atoms with van der Waals surface area (Å²) in [6.07, 6.45) is 5.64. The number of rotatable bonds is 3. The Morgan fingerprint density at radius 2 is 1.94 bits per heavy atom. The zero-order valence-corrected chi connectivity index (χ0v) is 11.3. The van der Waals surface area contributed by atoms with Crippen molar-refractivity contribution in [3.8, 4) is 5.75 Å². The van der Waals surface area contributed by atoms with Gasteiger partial charge in [-0.3, -0.25) is 0 Å². The molecule has 0 spiro atoms. The fourth-order valence-electron chi connectivity index (χ4n) is 3.30. The van der Waals surface area contributed by atoms with Crippen molar-refractivity contribution in [2.45, 2.75) is 44.4 Å². The Morgan fingerprint density at radius 1 is 1.28 bits per heavy atom. The van der Waals surface area contributed by atoms with Crippen molar-refractivity contribution in [2.75, 3.05) is 13.7 Å². The second-order valence-corrected chi connectivity index (χ2v) is 5.32. The molecule has 0 aromatic heterocycles. The van der Waals surface area contributed by atoms with Gasteiger partial charge in [-0.25, -0.2) is 4.39 Å². The number of hydrogen-bond acceptors (Lipinski definition) is 2. The summed E-state index contributed by atoms with van der Waals surface area (Å²) < 4.78 is 19.2. The Labute approximate surface area is 108 Å². The van der Waals surface area contributed by atoms with E-state index in [0.717, 1.165) is 36.8 Å². The molecule has 0 heterocycles. The molecule has 1 aromatic rings. The van der Waals surface area contributed by atoms with Crippen LogP contribution >= 0.6 is 0 Å². The van der Waals surface area contributed by atoms with Gasteiger partial charge in [-0.05, 0) is 31.4 Å². The van der Waals surface area contributed by atoms with E-state index >= 15 is 0 Å². The molecule has 18 heavy (non-hydrogen) atoms. The molecule has 0 amide bonds. The number of halogens is 1. The first kappa shape index (κ1) is 13.3. The average molecular weight is 251 g/mol. The van der Waals surface area contributed by atoms with E-state index in [1.807, 2.05) is 13.0 Å². The fraction of sp³-hybridized carbons (Fsp3) is 0.600. The predicted octanol–water partition coefficient (Wildman–Crippen LogP) is 3.30. The van der Waals surface area contributed by atoms with Gasteiger partial charge in [0, 0.05) is 17.5 Å². The Balaban J connectivity index is 2.56. The van der Waals surface area contributed by atoms with Crippen LogP contribution in [0.4, 0.5) is 4.39 Å². The highest BCUT2D eigenvalue weighted by Gasteiger charge is 2.37. The Hall–Kier alpha value is -1.09. The first-order valence-corrected chi connectivity index (χ1v) is 6.68.